The molecule has 1 amide bonds. The van der Waals surface area contributed by atoms with Crippen molar-refractivity contribution < 1.29 is 19.1 Å². The highest BCUT2D eigenvalue weighted by Gasteiger charge is 2.31. The predicted octanol–water partition coefficient (Wildman–Crippen LogP) is 2.19. The fraction of sp³-hybridized carbons (Fsp3) is 0.450. The van der Waals surface area contributed by atoms with Crippen LogP contribution in [0.25, 0.3) is 0 Å². The number of Topliss-reactive ketones (excluding diaryl/α,β-unsaturated/α-hetero) is 1. The Balaban J connectivity index is 1.74. The van der Waals surface area contributed by atoms with Gasteiger partial charge < -0.3 is 15.7 Å². The molecule has 28 heavy (non-hydrogen) atoms. The van der Waals surface area contributed by atoms with Crippen molar-refractivity contribution >= 4 is 23.0 Å². The zero-order chi connectivity index (χ0) is 20.1. The summed E-state index contributed by atoms with van der Waals surface area (Å²) in [5.74, 6) is -1.65. The minimum absolute atomic E-state index is 0.0200. The molecule has 2 atom stereocenters. The van der Waals surface area contributed by atoms with Crippen LogP contribution in [0.5, 0.6) is 0 Å². The number of aromatic nitrogens is 1. The first-order chi connectivity index (χ1) is 13.5. The molecular weight excluding hydrogens is 381 g/mol. The standard InChI is InChI=1S/C20H24FN3O3S/c1-12-17(11-25)28-20(23-12)18(15-4-2-3-9-22-15)24-19(27)16(26)10-13-5-7-14(21)8-6-13/h5-8,15,18,22,25H,2-4,9-11H2,1H3,(H,24,27). The molecule has 3 N–H and O–H groups in total. The fourth-order valence-electron chi connectivity index (χ4n) is 3.32. The topological polar surface area (TPSA) is 91.3 Å². The molecule has 0 radical (unpaired) electrons. The highest BCUT2D eigenvalue weighted by atomic mass is 32.1. The van der Waals surface area contributed by atoms with Crippen molar-refractivity contribution in [3.05, 3.63) is 51.2 Å². The Morgan fingerprint density at radius 1 is 1.36 bits per heavy atom. The number of hydrogen-bond donors (Lipinski definition) is 3. The minimum atomic E-state index is -0.680. The van der Waals surface area contributed by atoms with Crippen LogP contribution >= 0.6 is 11.3 Å². The Bertz CT molecular complexity index is 832. The first kappa shape index (κ1) is 20.6. The van der Waals surface area contributed by atoms with Crippen molar-refractivity contribution in [1.82, 2.24) is 15.6 Å². The van der Waals surface area contributed by atoms with E-state index in [1.807, 2.05) is 6.92 Å². The number of aliphatic hydroxyl groups is 1. The maximum absolute atomic E-state index is 13.0. The van der Waals surface area contributed by atoms with E-state index in [-0.39, 0.29) is 24.9 Å². The average molecular weight is 405 g/mol. The Morgan fingerprint density at radius 2 is 2.11 bits per heavy atom. The summed E-state index contributed by atoms with van der Waals surface area (Å²) in [6.07, 6.45) is 2.88. The Morgan fingerprint density at radius 3 is 2.71 bits per heavy atom. The Hall–Kier alpha value is -2.16. The van der Waals surface area contributed by atoms with Gasteiger partial charge in [0.15, 0.2) is 0 Å². The van der Waals surface area contributed by atoms with E-state index in [1.54, 1.807) is 0 Å². The number of nitrogens with one attached hydrogen (secondary N) is 2. The van der Waals surface area contributed by atoms with E-state index < -0.39 is 17.7 Å². The van der Waals surface area contributed by atoms with Crippen molar-refractivity contribution in [3.63, 3.8) is 0 Å². The molecule has 0 saturated carbocycles. The number of nitrogens with zero attached hydrogens (tertiary/aromatic N) is 1. The van der Waals surface area contributed by atoms with Crippen LogP contribution in [0, 0.1) is 12.7 Å². The number of carbonyl (C=O) groups is 2. The average Bonchev–Trinajstić information content (AvgIpc) is 3.08. The zero-order valence-corrected chi connectivity index (χ0v) is 16.5. The predicted molar refractivity (Wildman–Crippen MR) is 104 cm³/mol. The number of hydrogen-bond acceptors (Lipinski definition) is 6. The SMILES string of the molecule is Cc1nc(C(NC(=O)C(=O)Cc2ccc(F)cc2)C2CCCCN2)sc1CO. The molecular formula is C20H24FN3O3S. The molecule has 0 bridgehead atoms. The van der Waals surface area contributed by atoms with Gasteiger partial charge in [-0.25, -0.2) is 9.37 Å². The van der Waals surface area contributed by atoms with Crippen LogP contribution < -0.4 is 10.6 Å². The van der Waals surface area contributed by atoms with Crippen LogP contribution in [0.1, 0.15) is 46.4 Å². The lowest BCUT2D eigenvalue weighted by Crippen LogP contribution is -2.47. The van der Waals surface area contributed by atoms with Gasteiger partial charge in [0.05, 0.1) is 23.2 Å². The summed E-state index contributed by atoms with van der Waals surface area (Å²) in [4.78, 5) is 30.2. The highest BCUT2D eigenvalue weighted by molar-refractivity contribution is 7.11. The number of aryl methyl sites for hydroxylation is 1. The Kier molecular flexibility index (Phi) is 6.88. The summed E-state index contributed by atoms with van der Waals surface area (Å²) >= 11 is 1.35. The first-order valence-electron chi connectivity index (χ1n) is 9.36. The van der Waals surface area contributed by atoms with Crippen LogP contribution in [-0.4, -0.2) is 34.4 Å². The second-order valence-corrected chi connectivity index (χ2v) is 8.07. The normalized spacial score (nSPS) is 17.9. The third-order valence-corrected chi connectivity index (χ3v) is 6.11. The first-order valence-corrected chi connectivity index (χ1v) is 10.2. The molecule has 6 nitrogen and oxygen atoms in total. The molecule has 1 fully saturated rings. The van der Waals surface area contributed by atoms with Crippen LogP contribution in [0.4, 0.5) is 4.39 Å². The number of ketones is 1. The van der Waals surface area contributed by atoms with Gasteiger partial charge in [0.2, 0.25) is 5.78 Å². The monoisotopic (exact) mass is 405 g/mol. The molecule has 1 aromatic heterocycles. The molecule has 1 aromatic carbocycles. The second-order valence-electron chi connectivity index (χ2n) is 6.95. The van der Waals surface area contributed by atoms with E-state index in [1.165, 1.54) is 35.6 Å². The lowest BCUT2D eigenvalue weighted by Gasteiger charge is -2.30. The number of piperidine rings is 1. The number of amides is 1. The van der Waals surface area contributed by atoms with Crippen LogP contribution in [0.3, 0.4) is 0 Å². The van der Waals surface area contributed by atoms with E-state index in [0.717, 1.165) is 36.4 Å². The number of aliphatic hydroxyl groups excluding tert-OH is 1. The van der Waals surface area contributed by atoms with E-state index in [4.69, 9.17) is 0 Å². The fourth-order valence-corrected chi connectivity index (χ4v) is 4.36. The van der Waals surface area contributed by atoms with Crippen LogP contribution in [0.2, 0.25) is 0 Å². The molecule has 1 saturated heterocycles. The van der Waals surface area contributed by atoms with Gasteiger partial charge in [-0.2, -0.15) is 0 Å². The summed E-state index contributed by atoms with van der Waals surface area (Å²) in [5, 5.41) is 16.4. The van der Waals surface area contributed by atoms with Gasteiger partial charge in [-0.15, -0.1) is 11.3 Å². The number of thiazole rings is 1. The second kappa shape index (κ2) is 9.36. The number of carbonyl (C=O) groups excluding carboxylic acids is 2. The molecule has 3 rings (SSSR count). The summed E-state index contributed by atoms with van der Waals surface area (Å²) in [5.41, 5.74) is 1.32. The molecule has 2 unspecified atom stereocenters. The lowest BCUT2D eigenvalue weighted by molar-refractivity contribution is -0.138. The van der Waals surface area contributed by atoms with Gasteiger partial charge in [0, 0.05) is 12.5 Å². The third kappa shape index (κ3) is 5.01. The number of benzene rings is 1. The van der Waals surface area contributed by atoms with E-state index in [9.17, 15) is 19.1 Å². The number of halogens is 1. The van der Waals surface area contributed by atoms with Crippen LogP contribution in [-0.2, 0) is 22.6 Å². The van der Waals surface area contributed by atoms with Crippen molar-refractivity contribution in [2.75, 3.05) is 6.54 Å². The maximum Gasteiger partial charge on any atom is 0.288 e. The summed E-state index contributed by atoms with van der Waals surface area (Å²) in [7, 11) is 0. The maximum atomic E-state index is 13.0. The molecule has 150 valence electrons. The summed E-state index contributed by atoms with van der Waals surface area (Å²) in [6, 6.07) is 5.08. The van der Waals surface area contributed by atoms with Gasteiger partial charge in [-0.05, 0) is 44.0 Å². The van der Waals surface area contributed by atoms with Crippen molar-refractivity contribution in [2.45, 2.75) is 51.3 Å². The lowest BCUT2D eigenvalue weighted by atomic mass is 9.97. The number of rotatable bonds is 7. The van der Waals surface area contributed by atoms with Crippen molar-refractivity contribution in [1.29, 1.82) is 0 Å². The van der Waals surface area contributed by atoms with Crippen LogP contribution in [0.15, 0.2) is 24.3 Å². The van der Waals surface area contributed by atoms with Gasteiger partial charge in [-0.3, -0.25) is 9.59 Å². The third-order valence-electron chi connectivity index (χ3n) is 4.89. The minimum Gasteiger partial charge on any atom is -0.391 e. The largest absolute Gasteiger partial charge is 0.391 e. The Labute approximate surface area is 167 Å². The quantitative estimate of drug-likeness (QED) is 0.615. The highest BCUT2D eigenvalue weighted by Crippen LogP contribution is 2.29. The van der Waals surface area contributed by atoms with E-state index >= 15 is 0 Å². The summed E-state index contributed by atoms with van der Waals surface area (Å²) in [6.45, 7) is 2.56. The molecule has 1 aliphatic heterocycles. The van der Waals surface area contributed by atoms with Gasteiger partial charge >= 0.3 is 0 Å². The molecule has 2 heterocycles. The van der Waals surface area contributed by atoms with E-state index in [2.05, 4.69) is 15.6 Å². The molecule has 0 spiro atoms. The van der Waals surface area contributed by atoms with Crippen molar-refractivity contribution in [3.8, 4) is 0 Å². The van der Waals surface area contributed by atoms with Crippen molar-refractivity contribution in [2.24, 2.45) is 0 Å². The smallest absolute Gasteiger partial charge is 0.288 e. The molecule has 2 aromatic rings. The van der Waals surface area contributed by atoms with Gasteiger partial charge in [-0.1, -0.05) is 18.6 Å². The van der Waals surface area contributed by atoms with Gasteiger partial charge in [0.1, 0.15) is 10.8 Å². The molecule has 1 aliphatic rings. The molecule has 8 heteroatoms. The summed E-state index contributed by atoms with van der Waals surface area (Å²) < 4.78 is 13.0. The zero-order valence-electron chi connectivity index (χ0n) is 15.7. The molecule has 0 aliphatic carbocycles. The van der Waals surface area contributed by atoms with E-state index in [0.29, 0.717) is 10.6 Å². The van der Waals surface area contributed by atoms with Gasteiger partial charge in [0.25, 0.3) is 5.91 Å².